The van der Waals surface area contributed by atoms with Crippen molar-refractivity contribution in [3.63, 3.8) is 0 Å². The number of nitrogens with zero attached hydrogens (tertiary/aromatic N) is 4. The largest absolute Gasteiger partial charge is 0.493 e. The lowest BCUT2D eigenvalue weighted by Gasteiger charge is -2.27. The number of ether oxygens (including phenoxy) is 2. The summed E-state index contributed by atoms with van der Waals surface area (Å²) in [5.74, 6) is 2.49. The van der Waals surface area contributed by atoms with Gasteiger partial charge in [0.1, 0.15) is 18.1 Å². The van der Waals surface area contributed by atoms with Gasteiger partial charge >= 0.3 is 0 Å². The molecule has 2 aliphatic carbocycles. The van der Waals surface area contributed by atoms with Crippen molar-refractivity contribution in [1.29, 1.82) is 0 Å². The Labute approximate surface area is 253 Å². The maximum atomic E-state index is 6.45. The quantitative estimate of drug-likeness (QED) is 0.386. The van der Waals surface area contributed by atoms with Crippen molar-refractivity contribution in [2.24, 2.45) is 0 Å². The van der Waals surface area contributed by atoms with Gasteiger partial charge in [-0.25, -0.2) is 9.97 Å². The fourth-order valence-corrected chi connectivity index (χ4v) is 5.27. The molecule has 1 atom stereocenters. The topological polar surface area (TPSA) is 62.8 Å². The first-order chi connectivity index (χ1) is 20.6. The minimum absolute atomic E-state index is 0.0500. The predicted molar refractivity (Wildman–Crippen MR) is 173 cm³/mol. The van der Waals surface area contributed by atoms with Crippen LogP contribution in [-0.4, -0.2) is 71.7 Å². The third-order valence-electron chi connectivity index (χ3n) is 7.64. The summed E-state index contributed by atoms with van der Waals surface area (Å²) in [7, 11) is 0. The molecular formula is C35H49N5O2. The predicted octanol–water partition coefficient (Wildman–Crippen LogP) is 6.91. The molecular weight excluding hydrogens is 522 g/mol. The first-order valence-corrected chi connectivity index (χ1v) is 15.8. The van der Waals surface area contributed by atoms with Crippen LogP contribution in [0.25, 0.3) is 0 Å². The Bertz CT molecular complexity index is 1220. The molecule has 1 fully saturated rings. The molecule has 1 N–H and O–H groups in total. The van der Waals surface area contributed by atoms with E-state index in [1.54, 1.807) is 0 Å². The van der Waals surface area contributed by atoms with E-state index in [4.69, 9.17) is 14.5 Å². The van der Waals surface area contributed by atoms with Crippen molar-refractivity contribution < 1.29 is 9.47 Å². The van der Waals surface area contributed by atoms with Gasteiger partial charge in [-0.05, 0) is 83.0 Å². The molecule has 4 aliphatic rings. The van der Waals surface area contributed by atoms with E-state index in [2.05, 4.69) is 76.5 Å². The van der Waals surface area contributed by atoms with Gasteiger partial charge in [0.05, 0.1) is 12.3 Å². The van der Waals surface area contributed by atoms with E-state index in [0.29, 0.717) is 25.2 Å². The summed E-state index contributed by atoms with van der Waals surface area (Å²) in [5.41, 5.74) is 3.10. The number of hydrogen-bond acceptors (Lipinski definition) is 7. The Balaban J connectivity index is 0.00000198. The fourth-order valence-electron chi connectivity index (χ4n) is 5.27. The van der Waals surface area contributed by atoms with E-state index in [-0.39, 0.29) is 5.92 Å². The minimum Gasteiger partial charge on any atom is -0.493 e. The molecule has 0 radical (unpaired) electrons. The highest BCUT2D eigenvalue weighted by Crippen LogP contribution is 2.25. The molecule has 0 amide bonds. The number of allylic oxidation sites excluding steroid dienone is 8. The summed E-state index contributed by atoms with van der Waals surface area (Å²) in [4.78, 5) is 14.4. The van der Waals surface area contributed by atoms with Crippen molar-refractivity contribution in [1.82, 2.24) is 19.8 Å². The lowest BCUT2D eigenvalue weighted by Crippen LogP contribution is -2.33. The van der Waals surface area contributed by atoms with Gasteiger partial charge in [-0.3, -0.25) is 9.80 Å². The maximum absolute atomic E-state index is 6.45. The Hall–Kier alpha value is -3.42. The van der Waals surface area contributed by atoms with Crippen LogP contribution in [0.15, 0.2) is 95.8 Å². The number of nitrogens with one attached hydrogen (secondary N) is 1. The minimum atomic E-state index is 0.0500. The molecule has 5 rings (SSSR count). The monoisotopic (exact) mass is 571 g/mol. The van der Waals surface area contributed by atoms with Crippen LogP contribution >= 0.6 is 0 Å². The average Bonchev–Trinajstić information content (AvgIpc) is 3.31. The molecule has 6 bridgehead atoms. The highest BCUT2D eigenvalue weighted by Gasteiger charge is 2.19. The van der Waals surface area contributed by atoms with Crippen LogP contribution in [0.3, 0.4) is 0 Å². The van der Waals surface area contributed by atoms with E-state index < -0.39 is 0 Å². The van der Waals surface area contributed by atoms with Crippen LogP contribution in [0, 0.1) is 0 Å². The van der Waals surface area contributed by atoms with Crippen molar-refractivity contribution in [2.45, 2.75) is 65.3 Å². The smallest absolute Gasteiger partial charge is 0.227 e. The van der Waals surface area contributed by atoms with Gasteiger partial charge in [0.15, 0.2) is 0 Å². The second kappa shape index (κ2) is 16.9. The highest BCUT2D eigenvalue weighted by molar-refractivity contribution is 5.47. The molecule has 2 aliphatic heterocycles. The summed E-state index contributed by atoms with van der Waals surface area (Å²) in [6, 6.07) is 2.35. The number of rotatable bonds is 5. The summed E-state index contributed by atoms with van der Waals surface area (Å²) >= 11 is 0. The Kier molecular flexibility index (Phi) is 12.7. The fraction of sp³-hybridized carbons (Fsp3) is 0.486. The molecule has 1 saturated heterocycles. The molecule has 1 aromatic rings. The molecule has 3 heterocycles. The van der Waals surface area contributed by atoms with Gasteiger partial charge in [0.25, 0.3) is 0 Å². The van der Waals surface area contributed by atoms with Crippen molar-refractivity contribution in [3.05, 3.63) is 102 Å². The molecule has 0 aromatic carbocycles. The molecule has 0 saturated carbocycles. The molecule has 7 nitrogen and oxygen atoms in total. The summed E-state index contributed by atoms with van der Waals surface area (Å²) in [6.07, 6.45) is 27.5. The van der Waals surface area contributed by atoms with Crippen molar-refractivity contribution in [3.8, 4) is 0 Å². The van der Waals surface area contributed by atoms with E-state index >= 15 is 0 Å². The third kappa shape index (κ3) is 9.57. The number of likely N-dealkylation sites (tertiary alicyclic amines) is 1. The van der Waals surface area contributed by atoms with Gasteiger partial charge in [-0.1, -0.05) is 50.3 Å². The van der Waals surface area contributed by atoms with Crippen LogP contribution in [0.1, 0.15) is 65.0 Å². The van der Waals surface area contributed by atoms with Crippen LogP contribution in [-0.2, 0) is 9.47 Å². The Morgan fingerprint density at radius 2 is 1.98 bits per heavy atom. The molecule has 42 heavy (non-hydrogen) atoms. The average molecular weight is 572 g/mol. The van der Waals surface area contributed by atoms with E-state index in [1.807, 2.05) is 44.3 Å². The van der Waals surface area contributed by atoms with Crippen LogP contribution in [0.2, 0.25) is 0 Å². The van der Waals surface area contributed by atoms with Crippen molar-refractivity contribution >= 4 is 5.95 Å². The zero-order chi connectivity index (χ0) is 29.6. The van der Waals surface area contributed by atoms with Gasteiger partial charge in [-0.2, -0.15) is 0 Å². The third-order valence-corrected chi connectivity index (χ3v) is 7.64. The molecule has 226 valence electrons. The van der Waals surface area contributed by atoms with Gasteiger partial charge in [0, 0.05) is 49.1 Å². The zero-order valence-electron chi connectivity index (χ0n) is 26.0. The van der Waals surface area contributed by atoms with Gasteiger partial charge in [0.2, 0.25) is 5.95 Å². The molecule has 0 spiro atoms. The first kappa shape index (κ1) is 31.5. The van der Waals surface area contributed by atoms with Crippen LogP contribution in [0.4, 0.5) is 5.95 Å². The normalized spacial score (nSPS) is 22.4. The van der Waals surface area contributed by atoms with E-state index in [1.165, 1.54) is 31.5 Å². The second-order valence-electron chi connectivity index (χ2n) is 10.9. The SMILES string of the molecule is CC.CC(C)N1C/C=C/CCOC2=CC=CC(C=C2)c2ccnc(n2)NC2=CCC=C(OCCN3CCCC3)C(=C2)C1. The summed E-state index contributed by atoms with van der Waals surface area (Å²) < 4.78 is 12.5. The Morgan fingerprint density at radius 3 is 2.81 bits per heavy atom. The van der Waals surface area contributed by atoms with Crippen molar-refractivity contribution in [2.75, 3.05) is 51.3 Å². The van der Waals surface area contributed by atoms with Crippen LogP contribution in [0.5, 0.6) is 0 Å². The first-order valence-electron chi connectivity index (χ1n) is 15.8. The van der Waals surface area contributed by atoms with Gasteiger partial charge < -0.3 is 14.8 Å². The molecule has 7 heteroatoms. The number of anilines is 1. The van der Waals surface area contributed by atoms with Gasteiger partial charge in [-0.15, -0.1) is 0 Å². The standard InChI is InChI=1S/C33H43N5O2.C2H6/c1-26(2)38-20-4-3-7-22-39-30-12-8-10-27(14-15-30)31-16-17-34-33(36-31)35-29-11-9-13-32(28(24-29)25-38)40-23-21-37-18-5-6-19-37;1-2/h3-4,8,10-17,24,26-27H,5-7,9,18-23,25H2,1-2H3,(H,34,35,36);1-2H3/b4-3+;. The number of aromatic nitrogens is 2. The summed E-state index contributed by atoms with van der Waals surface area (Å²) in [6.45, 7) is 14.8. The second-order valence-corrected chi connectivity index (χ2v) is 10.9. The maximum Gasteiger partial charge on any atom is 0.227 e. The molecule has 1 aromatic heterocycles. The lowest BCUT2D eigenvalue weighted by molar-refractivity contribution is 0.170. The van der Waals surface area contributed by atoms with E-state index in [9.17, 15) is 0 Å². The Morgan fingerprint density at radius 1 is 1.12 bits per heavy atom. The lowest BCUT2D eigenvalue weighted by atomic mass is 10.0. The number of hydrogen-bond donors (Lipinski definition) is 1. The highest BCUT2D eigenvalue weighted by atomic mass is 16.5. The number of fused-ring (bicyclic) bond motifs is 6. The molecule has 1 unspecified atom stereocenters. The van der Waals surface area contributed by atoms with E-state index in [0.717, 1.165) is 55.4 Å². The zero-order valence-corrected chi connectivity index (χ0v) is 26.0. The summed E-state index contributed by atoms with van der Waals surface area (Å²) in [5, 5.41) is 3.49. The van der Waals surface area contributed by atoms with Crippen LogP contribution < -0.4 is 5.32 Å².